The minimum Gasteiger partial charge on any atom is -0.550 e. The second-order valence-corrected chi connectivity index (χ2v) is 10.1. The molecule has 0 aromatic rings. The van der Waals surface area contributed by atoms with E-state index in [4.69, 9.17) is 0 Å². The van der Waals surface area contributed by atoms with Crippen LogP contribution < -0.4 is 20.8 Å². The van der Waals surface area contributed by atoms with Gasteiger partial charge in [0.05, 0.1) is 0 Å². The van der Waals surface area contributed by atoms with Crippen LogP contribution in [0.15, 0.2) is 0 Å². The molecule has 0 aromatic carbocycles. The van der Waals surface area contributed by atoms with Crippen LogP contribution in [0, 0.1) is 0 Å². The third-order valence-corrected chi connectivity index (χ3v) is 6.32. The smallest absolute Gasteiger partial charge is 0.550 e. The summed E-state index contributed by atoms with van der Waals surface area (Å²) in [5.74, 6) is -2.35. The molecule has 0 bridgehead atoms. The van der Waals surface area contributed by atoms with Crippen LogP contribution in [-0.4, -0.2) is 85.7 Å². The Hall–Kier alpha value is -0.549. The summed E-state index contributed by atoms with van der Waals surface area (Å²) < 4.78 is 0. The molecule has 0 aliphatic heterocycles. The minimum absolute atomic E-state index is 0. The van der Waals surface area contributed by atoms with Crippen molar-refractivity contribution in [3.63, 3.8) is 0 Å². The Kier molecular flexibility index (Phi) is 39.0. The Balaban J connectivity index is -0.000000648. The topological polar surface area (TPSA) is 138 Å². The summed E-state index contributed by atoms with van der Waals surface area (Å²) in [6.45, 7) is 4.80. The summed E-state index contributed by atoms with van der Waals surface area (Å²) in [6, 6.07) is 0. The van der Waals surface area contributed by atoms with E-state index in [-0.39, 0.29) is 86.6 Å². The molecule has 0 spiro atoms. The molecule has 0 aliphatic rings. The molecule has 0 radical (unpaired) electrons. The van der Waals surface area contributed by atoms with Crippen molar-refractivity contribution in [3.8, 4) is 0 Å². The second kappa shape index (κ2) is 35.5. The first-order valence-corrected chi connectivity index (χ1v) is 15.3. The number of amides is 2. The van der Waals surface area contributed by atoms with Crippen LogP contribution in [-0.2, 0) is 19.2 Å². The number of nitrogens with one attached hydrogen (secondary N) is 2. The van der Waals surface area contributed by atoms with Crippen molar-refractivity contribution in [2.24, 2.45) is 0 Å². The minimum atomic E-state index is -1.12. The molecule has 2 N–H and O–H groups in total. The fourth-order valence-electron chi connectivity index (χ4n) is 3.98. The van der Waals surface area contributed by atoms with E-state index in [1.165, 1.54) is 89.9 Å². The van der Waals surface area contributed by atoms with Gasteiger partial charge >= 0.3 is 48.9 Å². The standard InChI is InChI=1S/2C15H29NO3.Ba/c2*1-2-3-4-5-6-7-8-9-10-11-14(17)16-13-12-15(18)19;/h2*2-13H2,1H3,(H,16,17)(H,18,19);/q;;+2/p-2. The summed E-state index contributed by atoms with van der Waals surface area (Å²) in [5, 5.41) is 25.4. The third-order valence-electron chi connectivity index (χ3n) is 6.32. The van der Waals surface area contributed by atoms with Crippen LogP contribution >= 0.6 is 0 Å². The Morgan fingerprint density at radius 3 is 0.949 bits per heavy atom. The van der Waals surface area contributed by atoms with Crippen molar-refractivity contribution in [1.82, 2.24) is 10.6 Å². The van der Waals surface area contributed by atoms with Gasteiger partial charge in [0.25, 0.3) is 0 Å². The van der Waals surface area contributed by atoms with Crippen LogP contribution in [0.1, 0.15) is 155 Å². The van der Waals surface area contributed by atoms with Gasteiger partial charge in [-0.3, -0.25) is 9.59 Å². The third kappa shape index (κ3) is 42.1. The predicted octanol–water partition coefficient (Wildman–Crippen LogP) is 3.95. The zero-order chi connectivity index (χ0) is 28.7. The van der Waals surface area contributed by atoms with E-state index in [0.717, 1.165) is 25.7 Å². The molecule has 0 rings (SSSR count). The molecule has 0 saturated carbocycles. The number of carbonyl (C=O) groups is 4. The molecule has 0 aliphatic carbocycles. The molecule has 0 fully saturated rings. The number of rotatable bonds is 26. The van der Waals surface area contributed by atoms with Crippen LogP contribution in [0.4, 0.5) is 0 Å². The molecule has 0 heterocycles. The van der Waals surface area contributed by atoms with E-state index >= 15 is 0 Å². The quantitative estimate of drug-likeness (QED) is 0.105. The number of hydrogen-bond donors (Lipinski definition) is 2. The van der Waals surface area contributed by atoms with Gasteiger partial charge in [-0.2, -0.15) is 0 Å². The van der Waals surface area contributed by atoms with Gasteiger partial charge in [0.2, 0.25) is 11.8 Å². The summed E-state index contributed by atoms with van der Waals surface area (Å²) in [4.78, 5) is 42.9. The SMILES string of the molecule is CCCCCCCCCCCC(=O)NCCC(=O)[O-].CCCCCCCCCCCC(=O)NCCC(=O)[O-].[Ba+2]. The molecule has 0 saturated heterocycles. The molecular formula is C30H56BaN2O6. The fraction of sp³-hybridized carbons (Fsp3) is 0.867. The number of carboxylic acids is 2. The number of hydrogen-bond acceptors (Lipinski definition) is 6. The van der Waals surface area contributed by atoms with Crippen molar-refractivity contribution in [2.75, 3.05) is 13.1 Å². The Labute approximate surface area is 278 Å². The van der Waals surface area contributed by atoms with Crippen molar-refractivity contribution in [2.45, 2.75) is 155 Å². The average molecular weight is 678 g/mol. The van der Waals surface area contributed by atoms with Crippen molar-refractivity contribution >= 4 is 72.6 Å². The van der Waals surface area contributed by atoms with E-state index in [1.807, 2.05) is 0 Å². The molecule has 0 aromatic heterocycles. The van der Waals surface area contributed by atoms with Gasteiger partial charge in [-0.05, 0) is 12.8 Å². The Bertz CT molecular complexity index is 540. The maximum absolute atomic E-state index is 11.3. The molecular weight excluding hydrogens is 622 g/mol. The molecule has 0 unspecified atom stereocenters. The average Bonchev–Trinajstić information content (AvgIpc) is 2.86. The number of carboxylic acid groups (broad SMARTS) is 2. The van der Waals surface area contributed by atoms with Gasteiger partial charge < -0.3 is 30.4 Å². The van der Waals surface area contributed by atoms with E-state index in [1.54, 1.807) is 0 Å². The number of unbranched alkanes of at least 4 members (excludes halogenated alkanes) is 16. The number of carbonyl (C=O) groups excluding carboxylic acids is 4. The van der Waals surface area contributed by atoms with Gasteiger partial charge in [-0.25, -0.2) is 0 Å². The molecule has 9 heteroatoms. The van der Waals surface area contributed by atoms with Gasteiger partial charge in [0.15, 0.2) is 0 Å². The van der Waals surface area contributed by atoms with Crippen LogP contribution in [0.2, 0.25) is 0 Å². The fourth-order valence-corrected chi connectivity index (χ4v) is 3.98. The van der Waals surface area contributed by atoms with Crippen molar-refractivity contribution in [3.05, 3.63) is 0 Å². The van der Waals surface area contributed by atoms with Crippen molar-refractivity contribution < 1.29 is 29.4 Å². The molecule has 224 valence electrons. The normalized spacial score (nSPS) is 10.1. The van der Waals surface area contributed by atoms with Crippen LogP contribution in [0.5, 0.6) is 0 Å². The molecule has 2 amide bonds. The van der Waals surface area contributed by atoms with E-state index in [2.05, 4.69) is 24.5 Å². The van der Waals surface area contributed by atoms with Gasteiger partial charge in [0, 0.05) is 50.7 Å². The Morgan fingerprint density at radius 1 is 0.436 bits per heavy atom. The summed E-state index contributed by atoms with van der Waals surface area (Å²) in [7, 11) is 0. The maximum Gasteiger partial charge on any atom is 2.00 e. The zero-order valence-corrected chi connectivity index (χ0v) is 29.6. The summed E-state index contributed by atoms with van der Waals surface area (Å²) in [6.07, 6.45) is 22.9. The van der Waals surface area contributed by atoms with E-state index in [0.29, 0.717) is 12.8 Å². The second-order valence-electron chi connectivity index (χ2n) is 10.1. The van der Waals surface area contributed by atoms with Crippen LogP contribution in [0.3, 0.4) is 0 Å². The summed E-state index contributed by atoms with van der Waals surface area (Å²) >= 11 is 0. The van der Waals surface area contributed by atoms with Gasteiger partial charge in [-0.1, -0.05) is 117 Å². The monoisotopic (exact) mass is 678 g/mol. The Morgan fingerprint density at radius 2 is 0.692 bits per heavy atom. The first kappa shape index (κ1) is 42.9. The first-order chi connectivity index (χ1) is 18.3. The van der Waals surface area contributed by atoms with Crippen LogP contribution in [0.25, 0.3) is 0 Å². The largest absolute Gasteiger partial charge is 2.00 e. The molecule has 0 atom stereocenters. The maximum atomic E-state index is 11.3. The van der Waals surface area contributed by atoms with Gasteiger partial charge in [0.1, 0.15) is 0 Å². The van der Waals surface area contributed by atoms with Gasteiger partial charge in [-0.15, -0.1) is 0 Å². The first-order valence-electron chi connectivity index (χ1n) is 15.3. The predicted molar refractivity (Wildman–Crippen MR) is 155 cm³/mol. The summed E-state index contributed by atoms with van der Waals surface area (Å²) in [5.41, 5.74) is 0. The molecule has 39 heavy (non-hydrogen) atoms. The van der Waals surface area contributed by atoms with Crippen molar-refractivity contribution in [1.29, 1.82) is 0 Å². The van der Waals surface area contributed by atoms with E-state index < -0.39 is 11.9 Å². The number of aliphatic carboxylic acids is 2. The zero-order valence-electron chi connectivity index (χ0n) is 25.1. The van der Waals surface area contributed by atoms with E-state index in [9.17, 15) is 29.4 Å². The molecule has 8 nitrogen and oxygen atoms in total.